The van der Waals surface area contributed by atoms with Crippen LogP contribution in [-0.4, -0.2) is 24.3 Å². The SMILES string of the molecule is Cc1ccc(-c2nnc(SCc3cc(=O)n4ccc(C)cc4n3)n2N)cc1. The van der Waals surface area contributed by atoms with Gasteiger partial charge in [-0.15, -0.1) is 10.2 Å². The van der Waals surface area contributed by atoms with Crippen molar-refractivity contribution in [2.45, 2.75) is 24.8 Å². The van der Waals surface area contributed by atoms with Gasteiger partial charge in [-0.25, -0.2) is 9.66 Å². The first-order valence-electron chi connectivity index (χ1n) is 8.40. The van der Waals surface area contributed by atoms with Gasteiger partial charge in [-0.1, -0.05) is 41.6 Å². The zero-order valence-corrected chi connectivity index (χ0v) is 15.8. The van der Waals surface area contributed by atoms with Gasteiger partial charge in [0.15, 0.2) is 5.82 Å². The molecule has 136 valence electrons. The zero-order valence-electron chi connectivity index (χ0n) is 15.0. The number of hydrogen-bond acceptors (Lipinski definition) is 6. The lowest BCUT2D eigenvalue weighted by Crippen LogP contribution is -2.15. The van der Waals surface area contributed by atoms with E-state index in [2.05, 4.69) is 15.2 Å². The molecule has 0 amide bonds. The van der Waals surface area contributed by atoms with Crippen molar-refractivity contribution in [3.8, 4) is 11.4 Å². The van der Waals surface area contributed by atoms with Crippen LogP contribution in [0.5, 0.6) is 0 Å². The Kier molecular flexibility index (Phi) is 4.41. The number of aromatic nitrogens is 5. The number of pyridine rings is 1. The summed E-state index contributed by atoms with van der Waals surface area (Å²) < 4.78 is 3.00. The van der Waals surface area contributed by atoms with Gasteiger partial charge in [-0.3, -0.25) is 9.20 Å². The van der Waals surface area contributed by atoms with Crippen LogP contribution in [0.3, 0.4) is 0 Å². The molecule has 2 N–H and O–H groups in total. The molecule has 0 aliphatic heterocycles. The van der Waals surface area contributed by atoms with Crippen molar-refractivity contribution in [1.29, 1.82) is 0 Å². The van der Waals surface area contributed by atoms with Crippen molar-refractivity contribution in [1.82, 2.24) is 24.3 Å². The number of benzene rings is 1. The molecule has 0 radical (unpaired) electrons. The number of nitrogens with two attached hydrogens (primary N) is 1. The maximum Gasteiger partial charge on any atom is 0.258 e. The van der Waals surface area contributed by atoms with E-state index >= 15 is 0 Å². The summed E-state index contributed by atoms with van der Waals surface area (Å²) in [6.45, 7) is 4.00. The molecule has 3 heterocycles. The molecule has 0 aliphatic carbocycles. The minimum absolute atomic E-state index is 0.106. The Labute approximate surface area is 159 Å². The number of aryl methyl sites for hydroxylation is 2. The van der Waals surface area contributed by atoms with Crippen LogP contribution in [0, 0.1) is 13.8 Å². The van der Waals surface area contributed by atoms with Gasteiger partial charge in [0.05, 0.1) is 5.69 Å². The zero-order chi connectivity index (χ0) is 19.0. The van der Waals surface area contributed by atoms with Crippen molar-refractivity contribution in [2.75, 3.05) is 5.84 Å². The minimum Gasteiger partial charge on any atom is -0.335 e. The van der Waals surface area contributed by atoms with E-state index in [0.29, 0.717) is 28.1 Å². The van der Waals surface area contributed by atoms with E-state index in [4.69, 9.17) is 5.84 Å². The van der Waals surface area contributed by atoms with E-state index in [-0.39, 0.29) is 5.56 Å². The maximum atomic E-state index is 12.3. The Morgan fingerprint density at radius 2 is 1.81 bits per heavy atom. The third-order valence-electron chi connectivity index (χ3n) is 4.20. The van der Waals surface area contributed by atoms with Crippen LogP contribution in [0.25, 0.3) is 17.0 Å². The molecular weight excluding hydrogens is 360 g/mol. The third-order valence-corrected chi connectivity index (χ3v) is 5.18. The minimum atomic E-state index is -0.106. The number of thioether (sulfide) groups is 1. The van der Waals surface area contributed by atoms with E-state index in [9.17, 15) is 4.79 Å². The van der Waals surface area contributed by atoms with Crippen LogP contribution in [-0.2, 0) is 5.75 Å². The molecule has 0 bridgehead atoms. The molecule has 7 nitrogen and oxygen atoms in total. The molecule has 4 aromatic rings. The topological polar surface area (TPSA) is 91.1 Å². The molecule has 0 atom stereocenters. The molecule has 0 saturated heterocycles. The first-order valence-corrected chi connectivity index (χ1v) is 9.39. The highest BCUT2D eigenvalue weighted by molar-refractivity contribution is 7.98. The Morgan fingerprint density at radius 1 is 1.04 bits per heavy atom. The second-order valence-electron chi connectivity index (χ2n) is 6.35. The maximum absolute atomic E-state index is 12.3. The van der Waals surface area contributed by atoms with Gasteiger partial charge < -0.3 is 5.84 Å². The third kappa shape index (κ3) is 3.43. The van der Waals surface area contributed by atoms with Gasteiger partial charge in [0.25, 0.3) is 5.56 Å². The molecule has 8 heteroatoms. The highest BCUT2D eigenvalue weighted by Crippen LogP contribution is 2.24. The molecule has 0 saturated carbocycles. The lowest BCUT2D eigenvalue weighted by Gasteiger charge is -2.06. The summed E-state index contributed by atoms with van der Waals surface area (Å²) in [6, 6.07) is 13.2. The Bertz CT molecular complexity index is 1180. The second kappa shape index (κ2) is 6.88. The van der Waals surface area contributed by atoms with E-state index in [1.54, 1.807) is 6.20 Å². The first-order chi connectivity index (χ1) is 13.0. The van der Waals surface area contributed by atoms with Gasteiger partial charge in [0, 0.05) is 23.6 Å². The van der Waals surface area contributed by atoms with Crippen molar-refractivity contribution < 1.29 is 0 Å². The van der Waals surface area contributed by atoms with Crippen LogP contribution in [0.15, 0.2) is 58.6 Å². The van der Waals surface area contributed by atoms with E-state index in [1.807, 2.05) is 50.2 Å². The molecule has 1 aromatic carbocycles. The Morgan fingerprint density at radius 3 is 2.59 bits per heavy atom. The highest BCUT2D eigenvalue weighted by Gasteiger charge is 2.13. The first kappa shape index (κ1) is 17.3. The van der Waals surface area contributed by atoms with Gasteiger partial charge >= 0.3 is 0 Å². The fourth-order valence-electron chi connectivity index (χ4n) is 2.74. The van der Waals surface area contributed by atoms with Crippen molar-refractivity contribution >= 4 is 17.4 Å². The monoisotopic (exact) mass is 378 g/mol. The molecule has 0 aliphatic rings. The fraction of sp³-hybridized carbons (Fsp3) is 0.158. The quantitative estimate of drug-likeness (QED) is 0.433. The van der Waals surface area contributed by atoms with Gasteiger partial charge in [-0.2, -0.15) is 0 Å². The molecule has 4 rings (SSSR count). The number of nitrogen functional groups attached to an aromatic ring is 1. The van der Waals surface area contributed by atoms with Crippen LogP contribution < -0.4 is 11.4 Å². The molecule has 0 unspecified atom stereocenters. The van der Waals surface area contributed by atoms with Gasteiger partial charge in [0.1, 0.15) is 5.65 Å². The lowest BCUT2D eigenvalue weighted by atomic mass is 10.1. The fourth-order valence-corrected chi connectivity index (χ4v) is 3.49. The van der Waals surface area contributed by atoms with Gasteiger partial charge in [0.2, 0.25) is 5.16 Å². The molecule has 0 spiro atoms. The second-order valence-corrected chi connectivity index (χ2v) is 7.29. The van der Waals surface area contributed by atoms with E-state index in [0.717, 1.165) is 11.1 Å². The predicted molar refractivity (Wildman–Crippen MR) is 106 cm³/mol. The normalized spacial score (nSPS) is 11.2. The molecule has 0 fully saturated rings. The van der Waals surface area contributed by atoms with Crippen LogP contribution in [0.2, 0.25) is 0 Å². The van der Waals surface area contributed by atoms with Crippen LogP contribution in [0.1, 0.15) is 16.8 Å². The van der Waals surface area contributed by atoms with Crippen LogP contribution >= 0.6 is 11.8 Å². The summed E-state index contributed by atoms with van der Waals surface area (Å²) in [6.07, 6.45) is 1.74. The Hall–Kier alpha value is -3.13. The molecule has 3 aromatic heterocycles. The highest BCUT2D eigenvalue weighted by atomic mass is 32.2. The van der Waals surface area contributed by atoms with Crippen LogP contribution in [0.4, 0.5) is 0 Å². The van der Waals surface area contributed by atoms with Crippen molar-refractivity contribution in [3.05, 3.63) is 75.8 Å². The van der Waals surface area contributed by atoms with Crippen molar-refractivity contribution in [2.24, 2.45) is 0 Å². The van der Waals surface area contributed by atoms with Crippen molar-refractivity contribution in [3.63, 3.8) is 0 Å². The van der Waals surface area contributed by atoms with Gasteiger partial charge in [-0.05, 0) is 31.5 Å². The lowest BCUT2D eigenvalue weighted by molar-refractivity contribution is 0.848. The predicted octanol–water partition coefficient (Wildman–Crippen LogP) is 2.58. The summed E-state index contributed by atoms with van der Waals surface area (Å²) in [4.78, 5) is 16.8. The van der Waals surface area contributed by atoms with E-state index in [1.165, 1.54) is 32.5 Å². The summed E-state index contributed by atoms with van der Waals surface area (Å²) in [7, 11) is 0. The number of fused-ring (bicyclic) bond motifs is 1. The summed E-state index contributed by atoms with van der Waals surface area (Å²) >= 11 is 1.39. The average molecular weight is 378 g/mol. The smallest absolute Gasteiger partial charge is 0.258 e. The average Bonchev–Trinajstić information content (AvgIpc) is 3.01. The molecular formula is C19H18N6OS. The van der Waals surface area contributed by atoms with E-state index < -0.39 is 0 Å². The summed E-state index contributed by atoms with van der Waals surface area (Å²) in [5.74, 6) is 7.23. The number of nitrogens with zero attached hydrogens (tertiary/aromatic N) is 5. The standard InChI is InChI=1S/C19H18N6OS/c1-12-3-5-14(6-4-12)18-22-23-19(25(18)20)27-11-15-10-17(26)24-8-7-13(2)9-16(24)21-15/h3-10H,11,20H2,1-2H3. The summed E-state index contributed by atoms with van der Waals surface area (Å²) in [5, 5.41) is 8.92. The summed E-state index contributed by atoms with van der Waals surface area (Å²) in [5.41, 5.74) is 4.32. The number of hydrogen-bond donors (Lipinski definition) is 1. The molecule has 27 heavy (non-hydrogen) atoms. The Balaban J connectivity index is 1.58. The largest absolute Gasteiger partial charge is 0.335 e. The number of rotatable bonds is 4.